The van der Waals surface area contributed by atoms with E-state index in [-0.39, 0.29) is 42.4 Å². The molecular formula is C20H24FN3O4. The van der Waals surface area contributed by atoms with Gasteiger partial charge in [0, 0.05) is 12.6 Å². The number of amides is 1. The molecular weight excluding hydrogens is 365 g/mol. The average molecular weight is 389 g/mol. The van der Waals surface area contributed by atoms with Crippen molar-refractivity contribution >= 4 is 17.4 Å². The second kappa shape index (κ2) is 8.12. The molecule has 150 valence electrons. The molecule has 8 heteroatoms. The van der Waals surface area contributed by atoms with Gasteiger partial charge in [-0.3, -0.25) is 19.0 Å². The molecule has 3 rings (SSSR count). The summed E-state index contributed by atoms with van der Waals surface area (Å²) in [5.74, 6) is -0.671. The highest BCUT2D eigenvalue weighted by Gasteiger charge is 2.32. The van der Waals surface area contributed by atoms with Crippen molar-refractivity contribution in [3.8, 4) is 0 Å². The quantitative estimate of drug-likeness (QED) is 0.790. The van der Waals surface area contributed by atoms with Crippen LogP contribution < -0.4 is 10.9 Å². The van der Waals surface area contributed by atoms with Crippen LogP contribution in [0.4, 0.5) is 15.9 Å². The summed E-state index contributed by atoms with van der Waals surface area (Å²) in [5, 5.41) is 13.1. The molecule has 1 aromatic heterocycles. The van der Waals surface area contributed by atoms with Gasteiger partial charge in [0.1, 0.15) is 11.6 Å². The lowest BCUT2D eigenvalue weighted by Gasteiger charge is -2.30. The molecule has 0 unspecified atom stereocenters. The second-order valence-corrected chi connectivity index (χ2v) is 6.70. The third-order valence-electron chi connectivity index (χ3n) is 4.99. The molecule has 2 N–H and O–H groups in total. The van der Waals surface area contributed by atoms with Gasteiger partial charge >= 0.3 is 0 Å². The number of anilines is 2. The number of rotatable bonds is 6. The van der Waals surface area contributed by atoms with Crippen LogP contribution in [0.2, 0.25) is 0 Å². The number of carbonyl (C=O) groups excluding carboxylic acids is 1. The van der Waals surface area contributed by atoms with Crippen LogP contribution in [0.5, 0.6) is 0 Å². The molecule has 1 aliphatic heterocycles. The summed E-state index contributed by atoms with van der Waals surface area (Å²) < 4.78 is 15.8. The number of fused-ring (bicyclic) bond motifs is 1. The molecule has 28 heavy (non-hydrogen) atoms. The Morgan fingerprint density at radius 1 is 1.32 bits per heavy atom. The van der Waals surface area contributed by atoms with Crippen molar-refractivity contribution in [2.75, 3.05) is 25.1 Å². The van der Waals surface area contributed by atoms with Gasteiger partial charge in [-0.2, -0.15) is 0 Å². The largest absolute Gasteiger partial charge is 0.394 e. The van der Waals surface area contributed by atoms with Gasteiger partial charge in [0.2, 0.25) is 0 Å². The normalized spacial score (nSPS) is 13.6. The van der Waals surface area contributed by atoms with E-state index >= 15 is 0 Å². The number of pyridine rings is 1. The zero-order valence-electron chi connectivity index (χ0n) is 16.2. The fourth-order valence-electron chi connectivity index (χ4n) is 3.39. The molecule has 1 aliphatic rings. The minimum Gasteiger partial charge on any atom is -0.394 e. The number of aliphatic hydroxyl groups is 1. The van der Waals surface area contributed by atoms with Crippen molar-refractivity contribution in [2.45, 2.75) is 26.7 Å². The van der Waals surface area contributed by atoms with Crippen molar-refractivity contribution in [1.29, 1.82) is 0 Å². The van der Waals surface area contributed by atoms with Crippen molar-refractivity contribution in [3.05, 3.63) is 56.6 Å². The maximum atomic E-state index is 14.5. The highest BCUT2D eigenvalue weighted by Crippen LogP contribution is 2.30. The summed E-state index contributed by atoms with van der Waals surface area (Å²) in [6.45, 7) is 3.66. The van der Waals surface area contributed by atoms with Crippen LogP contribution in [0.25, 0.3) is 0 Å². The molecule has 1 aromatic carbocycles. The highest BCUT2D eigenvalue weighted by molar-refractivity contribution is 6.01. The number of aryl methyl sites for hydroxylation is 1. The first-order chi connectivity index (χ1) is 13.4. The van der Waals surface area contributed by atoms with Crippen molar-refractivity contribution < 1.29 is 19.1 Å². The first-order valence-corrected chi connectivity index (χ1v) is 9.22. The van der Waals surface area contributed by atoms with Gasteiger partial charge in [0.25, 0.3) is 11.5 Å². The molecule has 0 aliphatic carbocycles. The van der Waals surface area contributed by atoms with Gasteiger partial charge < -0.3 is 10.4 Å². The number of aliphatic hydroxyl groups excluding tert-OH is 1. The Morgan fingerprint density at radius 3 is 2.71 bits per heavy atom. The third kappa shape index (κ3) is 3.53. The smallest absolute Gasteiger partial charge is 0.281 e. The molecule has 0 bridgehead atoms. The summed E-state index contributed by atoms with van der Waals surface area (Å²) in [4.78, 5) is 31.0. The molecule has 0 saturated heterocycles. The molecule has 0 spiro atoms. The minimum atomic E-state index is -0.460. The SMILES string of the molecule is CCc1ccc(Nc2c3c(c(C)c(=O)n2C)CCN(OCCO)C3=O)c(F)c1. The number of aromatic nitrogens is 1. The van der Waals surface area contributed by atoms with E-state index in [1.165, 1.54) is 22.7 Å². The van der Waals surface area contributed by atoms with Crippen LogP contribution in [0.1, 0.15) is 34.0 Å². The predicted octanol–water partition coefficient (Wildman–Crippen LogP) is 2.06. The van der Waals surface area contributed by atoms with E-state index in [1.807, 2.05) is 6.92 Å². The first-order valence-electron chi connectivity index (χ1n) is 9.22. The number of benzene rings is 1. The lowest BCUT2D eigenvalue weighted by atomic mass is 9.96. The Morgan fingerprint density at radius 2 is 2.07 bits per heavy atom. The molecule has 0 radical (unpaired) electrons. The van der Waals surface area contributed by atoms with Crippen LogP contribution in [-0.2, 0) is 24.7 Å². The molecule has 2 aromatic rings. The molecule has 7 nitrogen and oxygen atoms in total. The number of hydrogen-bond acceptors (Lipinski definition) is 5. The van der Waals surface area contributed by atoms with E-state index in [1.54, 1.807) is 19.1 Å². The van der Waals surface area contributed by atoms with Crippen molar-refractivity contribution in [1.82, 2.24) is 9.63 Å². The summed E-state index contributed by atoms with van der Waals surface area (Å²) in [6.07, 6.45) is 1.13. The van der Waals surface area contributed by atoms with Gasteiger partial charge in [-0.25, -0.2) is 9.45 Å². The molecule has 1 amide bonds. The van der Waals surface area contributed by atoms with Crippen molar-refractivity contribution in [3.63, 3.8) is 0 Å². The lowest BCUT2D eigenvalue weighted by molar-refractivity contribution is -0.132. The molecule has 0 saturated carbocycles. The third-order valence-corrected chi connectivity index (χ3v) is 4.99. The lowest BCUT2D eigenvalue weighted by Crippen LogP contribution is -2.41. The Labute approximate surface area is 162 Å². The van der Waals surface area contributed by atoms with Crippen LogP contribution in [0.3, 0.4) is 0 Å². The number of hydroxylamine groups is 2. The minimum absolute atomic E-state index is 0.0122. The predicted molar refractivity (Wildman–Crippen MR) is 103 cm³/mol. The van der Waals surface area contributed by atoms with Crippen LogP contribution >= 0.6 is 0 Å². The van der Waals surface area contributed by atoms with Gasteiger partial charge in [0.05, 0.1) is 31.0 Å². The van der Waals surface area contributed by atoms with E-state index in [2.05, 4.69) is 5.32 Å². The maximum absolute atomic E-state index is 14.5. The van der Waals surface area contributed by atoms with E-state index in [4.69, 9.17) is 9.94 Å². The Hall–Kier alpha value is -2.71. The van der Waals surface area contributed by atoms with Crippen LogP contribution in [0.15, 0.2) is 23.0 Å². The fraction of sp³-hybridized carbons (Fsp3) is 0.400. The summed E-state index contributed by atoms with van der Waals surface area (Å²) in [5.41, 5.74) is 2.18. The molecule has 0 fully saturated rings. The monoisotopic (exact) mass is 389 g/mol. The van der Waals surface area contributed by atoms with E-state index in [9.17, 15) is 14.0 Å². The number of nitrogens with zero attached hydrogens (tertiary/aromatic N) is 2. The Kier molecular flexibility index (Phi) is 5.81. The second-order valence-electron chi connectivity index (χ2n) is 6.70. The number of hydrogen-bond donors (Lipinski definition) is 2. The van der Waals surface area contributed by atoms with E-state index in [0.717, 1.165) is 5.56 Å². The summed E-state index contributed by atoms with van der Waals surface area (Å²) in [6, 6.07) is 4.82. The number of halogens is 1. The molecule has 0 atom stereocenters. The fourth-order valence-corrected chi connectivity index (χ4v) is 3.39. The average Bonchev–Trinajstić information content (AvgIpc) is 2.69. The maximum Gasteiger partial charge on any atom is 0.281 e. The number of carbonyl (C=O) groups is 1. The Balaban J connectivity index is 2.10. The standard InChI is InChI=1S/C20H24FN3O4/c1-4-13-5-6-16(15(21)11-13)22-18-17-14(12(2)19(26)23(18)3)7-8-24(20(17)27)28-10-9-25/h5-6,11,22,25H,4,7-10H2,1-3H3. The van der Waals surface area contributed by atoms with Crippen LogP contribution in [-0.4, -0.2) is 40.4 Å². The van der Waals surface area contributed by atoms with Crippen LogP contribution in [0, 0.1) is 12.7 Å². The first kappa shape index (κ1) is 20.0. The van der Waals surface area contributed by atoms with Gasteiger partial charge in [-0.05, 0) is 43.0 Å². The summed E-state index contributed by atoms with van der Waals surface area (Å²) >= 11 is 0. The van der Waals surface area contributed by atoms with E-state index < -0.39 is 11.7 Å². The topological polar surface area (TPSA) is 83.8 Å². The van der Waals surface area contributed by atoms with Gasteiger partial charge in [0.15, 0.2) is 0 Å². The van der Waals surface area contributed by atoms with Gasteiger partial charge in [-0.15, -0.1) is 0 Å². The number of nitrogens with one attached hydrogen (secondary N) is 1. The summed E-state index contributed by atoms with van der Waals surface area (Å²) in [7, 11) is 1.54. The zero-order chi connectivity index (χ0) is 20.4. The molecule has 2 heterocycles. The van der Waals surface area contributed by atoms with E-state index in [0.29, 0.717) is 24.0 Å². The van der Waals surface area contributed by atoms with Crippen molar-refractivity contribution in [2.24, 2.45) is 7.05 Å². The highest BCUT2D eigenvalue weighted by atomic mass is 19.1. The van der Waals surface area contributed by atoms with Gasteiger partial charge in [-0.1, -0.05) is 13.0 Å². The Bertz CT molecular complexity index is 971. The zero-order valence-corrected chi connectivity index (χ0v) is 16.2.